The van der Waals surface area contributed by atoms with Gasteiger partial charge in [0.05, 0.1) is 5.52 Å². The Morgan fingerprint density at radius 3 is 2.11 bits per heavy atom. The van der Waals surface area contributed by atoms with Gasteiger partial charge in [0, 0.05) is 16.6 Å². The van der Waals surface area contributed by atoms with E-state index in [0.717, 1.165) is 38.5 Å². The molecular weight excluding hydrogens is 332 g/mol. The standard InChI is InChI=1S/C24H16N2O/c27-25-24-23(20-15-8-10-17-9-4-5-13-19(17)20)21-14-6-7-16-22(21)26(24)18-11-2-1-3-12-18/h1-16H. The van der Waals surface area contributed by atoms with Crippen LogP contribution in [0.25, 0.3) is 38.5 Å². The summed E-state index contributed by atoms with van der Waals surface area (Å²) in [5, 5.41) is 6.75. The van der Waals surface area contributed by atoms with E-state index in [1.54, 1.807) is 0 Å². The maximum Gasteiger partial charge on any atom is 0.190 e. The van der Waals surface area contributed by atoms with Gasteiger partial charge in [0.1, 0.15) is 0 Å². The van der Waals surface area contributed by atoms with Crippen LogP contribution in [0.2, 0.25) is 0 Å². The minimum absolute atomic E-state index is 0.429. The molecule has 1 heterocycles. The van der Waals surface area contributed by atoms with Crippen molar-refractivity contribution < 1.29 is 0 Å². The molecule has 0 saturated carbocycles. The third-order valence-electron chi connectivity index (χ3n) is 5.01. The van der Waals surface area contributed by atoms with Crippen LogP contribution in [-0.4, -0.2) is 4.57 Å². The third-order valence-corrected chi connectivity index (χ3v) is 5.01. The summed E-state index contributed by atoms with van der Waals surface area (Å²) < 4.78 is 1.94. The highest BCUT2D eigenvalue weighted by atomic mass is 16.3. The molecule has 0 bridgehead atoms. The summed E-state index contributed by atoms with van der Waals surface area (Å²) in [6, 6.07) is 32.4. The van der Waals surface area contributed by atoms with Crippen molar-refractivity contribution in [1.29, 1.82) is 0 Å². The molecule has 5 rings (SSSR count). The number of benzene rings is 4. The normalized spacial score (nSPS) is 11.1. The zero-order valence-corrected chi connectivity index (χ0v) is 14.5. The molecule has 0 saturated heterocycles. The van der Waals surface area contributed by atoms with Crippen molar-refractivity contribution in [2.75, 3.05) is 0 Å². The molecule has 3 nitrogen and oxygen atoms in total. The predicted octanol–water partition coefficient (Wildman–Crippen LogP) is 6.85. The van der Waals surface area contributed by atoms with Crippen molar-refractivity contribution in [3.05, 3.63) is 102 Å². The Hall–Kier alpha value is -3.72. The van der Waals surface area contributed by atoms with Crippen LogP contribution in [0.15, 0.2) is 102 Å². The van der Waals surface area contributed by atoms with E-state index in [2.05, 4.69) is 35.5 Å². The molecule has 4 aromatic carbocycles. The summed E-state index contributed by atoms with van der Waals surface area (Å²) in [4.78, 5) is 12.0. The molecule has 0 spiro atoms. The van der Waals surface area contributed by atoms with Crippen LogP contribution in [-0.2, 0) is 0 Å². The quantitative estimate of drug-likeness (QED) is 0.328. The summed E-state index contributed by atoms with van der Waals surface area (Å²) in [5.41, 5.74) is 3.80. The number of nitrogens with zero attached hydrogens (tertiary/aromatic N) is 2. The van der Waals surface area contributed by atoms with Gasteiger partial charge < -0.3 is 0 Å². The molecule has 0 N–H and O–H groups in total. The molecule has 0 unspecified atom stereocenters. The lowest BCUT2D eigenvalue weighted by atomic mass is 9.97. The Bertz CT molecular complexity index is 1280. The lowest BCUT2D eigenvalue weighted by Gasteiger charge is -2.08. The largest absolute Gasteiger partial charge is 0.291 e. The molecule has 0 radical (unpaired) electrons. The van der Waals surface area contributed by atoms with Crippen LogP contribution >= 0.6 is 0 Å². The van der Waals surface area contributed by atoms with Gasteiger partial charge >= 0.3 is 0 Å². The number of nitroso groups, excluding NO2 is 1. The van der Waals surface area contributed by atoms with E-state index in [0.29, 0.717) is 5.82 Å². The van der Waals surface area contributed by atoms with E-state index in [9.17, 15) is 4.91 Å². The molecular formula is C24H16N2O. The zero-order valence-electron chi connectivity index (χ0n) is 14.5. The van der Waals surface area contributed by atoms with Crippen LogP contribution in [0, 0.1) is 4.91 Å². The molecule has 27 heavy (non-hydrogen) atoms. The summed E-state index contributed by atoms with van der Waals surface area (Å²) in [6.45, 7) is 0. The number of rotatable bonds is 3. The molecule has 5 aromatic rings. The molecule has 128 valence electrons. The summed E-state index contributed by atoms with van der Waals surface area (Å²) in [6.07, 6.45) is 0. The van der Waals surface area contributed by atoms with E-state index in [1.807, 2.05) is 71.3 Å². The first-order chi connectivity index (χ1) is 13.4. The number of hydrogen-bond donors (Lipinski definition) is 0. The fraction of sp³-hybridized carbons (Fsp3) is 0. The van der Waals surface area contributed by atoms with Gasteiger partial charge in [0.2, 0.25) is 0 Å². The second kappa shape index (κ2) is 6.22. The van der Waals surface area contributed by atoms with Gasteiger partial charge in [0.15, 0.2) is 5.82 Å². The maximum atomic E-state index is 12.0. The van der Waals surface area contributed by atoms with Gasteiger partial charge in [-0.25, -0.2) is 0 Å². The SMILES string of the molecule is O=Nc1c(-c2cccc3ccccc23)c2ccccc2n1-c1ccccc1. The minimum atomic E-state index is 0.429. The fourth-order valence-electron chi connectivity index (χ4n) is 3.86. The van der Waals surface area contributed by atoms with Crippen molar-refractivity contribution in [3.8, 4) is 16.8 Å². The van der Waals surface area contributed by atoms with Crippen molar-refractivity contribution in [2.24, 2.45) is 5.18 Å². The second-order valence-electron chi connectivity index (χ2n) is 6.50. The van der Waals surface area contributed by atoms with Crippen LogP contribution in [0.3, 0.4) is 0 Å². The lowest BCUT2D eigenvalue weighted by Crippen LogP contribution is -1.92. The van der Waals surface area contributed by atoms with Gasteiger partial charge in [0.25, 0.3) is 0 Å². The second-order valence-corrected chi connectivity index (χ2v) is 6.50. The van der Waals surface area contributed by atoms with E-state index in [-0.39, 0.29) is 0 Å². The van der Waals surface area contributed by atoms with Gasteiger partial charge in [-0.05, 0) is 39.7 Å². The number of aromatic nitrogens is 1. The van der Waals surface area contributed by atoms with Crippen molar-refractivity contribution in [3.63, 3.8) is 0 Å². The Morgan fingerprint density at radius 2 is 1.30 bits per heavy atom. The Morgan fingerprint density at radius 1 is 0.630 bits per heavy atom. The molecule has 0 fully saturated rings. The van der Waals surface area contributed by atoms with Crippen molar-refractivity contribution in [2.45, 2.75) is 0 Å². The zero-order chi connectivity index (χ0) is 18.2. The van der Waals surface area contributed by atoms with E-state index in [1.165, 1.54) is 0 Å². The smallest absolute Gasteiger partial charge is 0.190 e. The summed E-state index contributed by atoms with van der Waals surface area (Å²) >= 11 is 0. The van der Waals surface area contributed by atoms with E-state index >= 15 is 0 Å². The van der Waals surface area contributed by atoms with Gasteiger partial charge in [-0.1, -0.05) is 78.9 Å². The minimum Gasteiger partial charge on any atom is -0.291 e. The average Bonchev–Trinajstić information content (AvgIpc) is 3.08. The first-order valence-corrected chi connectivity index (χ1v) is 8.89. The number of para-hydroxylation sites is 2. The third kappa shape index (κ3) is 2.36. The lowest BCUT2D eigenvalue weighted by molar-refractivity contribution is 1.11. The molecule has 0 aliphatic rings. The monoisotopic (exact) mass is 348 g/mol. The molecule has 3 heteroatoms. The van der Waals surface area contributed by atoms with Crippen LogP contribution in [0.5, 0.6) is 0 Å². The Labute approximate surface area is 156 Å². The van der Waals surface area contributed by atoms with Crippen LogP contribution in [0.4, 0.5) is 5.82 Å². The molecule has 0 atom stereocenters. The molecule has 1 aromatic heterocycles. The maximum absolute atomic E-state index is 12.0. The predicted molar refractivity (Wildman–Crippen MR) is 112 cm³/mol. The average molecular weight is 348 g/mol. The van der Waals surface area contributed by atoms with Gasteiger partial charge in [-0.15, -0.1) is 4.91 Å². The number of fused-ring (bicyclic) bond motifs is 2. The highest BCUT2D eigenvalue weighted by Gasteiger charge is 2.21. The Kier molecular flexibility index (Phi) is 3.58. The molecule has 0 aliphatic heterocycles. The first kappa shape index (κ1) is 15.5. The topological polar surface area (TPSA) is 34.4 Å². The van der Waals surface area contributed by atoms with E-state index < -0.39 is 0 Å². The van der Waals surface area contributed by atoms with Crippen LogP contribution in [0.1, 0.15) is 0 Å². The van der Waals surface area contributed by atoms with Gasteiger partial charge in [-0.2, -0.15) is 0 Å². The summed E-state index contributed by atoms with van der Waals surface area (Å²) in [7, 11) is 0. The first-order valence-electron chi connectivity index (χ1n) is 8.89. The van der Waals surface area contributed by atoms with E-state index in [4.69, 9.17) is 0 Å². The molecule has 0 aliphatic carbocycles. The molecule has 0 amide bonds. The Balaban J connectivity index is 1.95. The fourth-order valence-corrected chi connectivity index (χ4v) is 3.86. The van der Waals surface area contributed by atoms with Crippen LogP contribution < -0.4 is 0 Å². The van der Waals surface area contributed by atoms with Crippen molar-refractivity contribution in [1.82, 2.24) is 4.57 Å². The number of hydrogen-bond acceptors (Lipinski definition) is 2. The highest BCUT2D eigenvalue weighted by molar-refractivity contribution is 6.10. The highest BCUT2D eigenvalue weighted by Crippen LogP contribution is 2.44. The summed E-state index contributed by atoms with van der Waals surface area (Å²) in [5.74, 6) is 0.429. The van der Waals surface area contributed by atoms with Crippen molar-refractivity contribution >= 4 is 27.5 Å². The van der Waals surface area contributed by atoms with Gasteiger partial charge in [-0.3, -0.25) is 4.57 Å².